The summed E-state index contributed by atoms with van der Waals surface area (Å²) in [7, 11) is 0. The summed E-state index contributed by atoms with van der Waals surface area (Å²) in [4.78, 5) is 24.1. The van der Waals surface area contributed by atoms with Gasteiger partial charge in [0.25, 0.3) is 0 Å². The number of fused-ring (bicyclic) bond motifs is 1. The summed E-state index contributed by atoms with van der Waals surface area (Å²) in [5.41, 5.74) is 6.68. The number of thioether (sulfide) groups is 1. The van der Waals surface area contributed by atoms with Crippen LogP contribution in [0.5, 0.6) is 0 Å². The third kappa shape index (κ3) is 2.72. The Bertz CT molecular complexity index is 815. The monoisotopic (exact) mass is 359 g/mol. The zero-order valence-electron chi connectivity index (χ0n) is 13.8. The Morgan fingerprint density at radius 3 is 3.00 bits per heavy atom. The minimum atomic E-state index is -0.562. The van der Waals surface area contributed by atoms with Gasteiger partial charge in [-0.3, -0.25) is 9.97 Å². The molecule has 4 rings (SSSR count). The maximum atomic E-state index is 13.7. The van der Waals surface area contributed by atoms with Crippen LogP contribution in [0.1, 0.15) is 18.3 Å². The zero-order chi connectivity index (χ0) is 17.4. The molecule has 0 radical (unpaired) electrons. The highest BCUT2D eigenvalue weighted by molar-refractivity contribution is 8.13. The van der Waals surface area contributed by atoms with Gasteiger partial charge in [0.1, 0.15) is 5.54 Å². The number of aryl methyl sites for hydroxylation is 1. The maximum absolute atomic E-state index is 13.7. The van der Waals surface area contributed by atoms with Gasteiger partial charge in [-0.05, 0) is 6.42 Å². The minimum absolute atomic E-state index is 0.209. The molecule has 0 saturated carbocycles. The summed E-state index contributed by atoms with van der Waals surface area (Å²) in [5, 5.41) is 0.554. The van der Waals surface area contributed by atoms with Crippen molar-refractivity contribution in [3.63, 3.8) is 0 Å². The highest BCUT2D eigenvalue weighted by atomic mass is 32.2. The first kappa shape index (κ1) is 16.2. The SMILES string of the molecule is CCc1nc(N2C[C@H]3CSC(N)=NC3(c3cnccn3)C2)ncc1F. The lowest BCUT2D eigenvalue weighted by Crippen LogP contribution is -2.40. The minimum Gasteiger partial charge on any atom is -0.379 e. The van der Waals surface area contributed by atoms with E-state index in [1.54, 1.807) is 30.4 Å². The number of nitrogens with zero attached hydrogens (tertiary/aromatic N) is 6. The van der Waals surface area contributed by atoms with E-state index < -0.39 is 5.54 Å². The predicted octanol–water partition coefficient (Wildman–Crippen LogP) is 1.36. The Kier molecular flexibility index (Phi) is 4.03. The molecule has 2 aromatic rings. The van der Waals surface area contributed by atoms with Crippen LogP contribution in [0.15, 0.2) is 29.8 Å². The molecule has 0 bridgehead atoms. The lowest BCUT2D eigenvalue weighted by Gasteiger charge is -2.33. The van der Waals surface area contributed by atoms with Crippen molar-refractivity contribution in [2.75, 3.05) is 23.7 Å². The van der Waals surface area contributed by atoms with Gasteiger partial charge in [-0.1, -0.05) is 18.7 Å². The largest absolute Gasteiger partial charge is 0.379 e. The fraction of sp³-hybridized carbons (Fsp3) is 0.438. The molecule has 7 nitrogen and oxygen atoms in total. The van der Waals surface area contributed by atoms with Gasteiger partial charge >= 0.3 is 0 Å². The van der Waals surface area contributed by atoms with E-state index in [2.05, 4.69) is 19.9 Å². The molecule has 2 aliphatic rings. The van der Waals surface area contributed by atoms with E-state index in [0.717, 1.165) is 18.0 Å². The van der Waals surface area contributed by atoms with E-state index in [9.17, 15) is 4.39 Å². The molecule has 4 heterocycles. The summed E-state index contributed by atoms with van der Waals surface area (Å²) in [6.45, 7) is 3.14. The van der Waals surface area contributed by atoms with Crippen LogP contribution in [0.2, 0.25) is 0 Å². The predicted molar refractivity (Wildman–Crippen MR) is 94.9 cm³/mol. The van der Waals surface area contributed by atoms with E-state index in [-0.39, 0.29) is 11.7 Å². The molecule has 2 atom stereocenters. The molecule has 1 saturated heterocycles. The van der Waals surface area contributed by atoms with E-state index in [1.165, 1.54) is 6.20 Å². The van der Waals surface area contributed by atoms with Crippen LogP contribution in [0.25, 0.3) is 0 Å². The maximum Gasteiger partial charge on any atom is 0.225 e. The number of aliphatic imine (C=N–C) groups is 1. The Morgan fingerprint density at radius 2 is 2.24 bits per heavy atom. The Balaban J connectivity index is 1.74. The average molecular weight is 359 g/mol. The van der Waals surface area contributed by atoms with Crippen molar-refractivity contribution in [2.45, 2.75) is 18.9 Å². The van der Waals surface area contributed by atoms with Crippen LogP contribution in [0.4, 0.5) is 10.3 Å². The second-order valence-corrected chi connectivity index (χ2v) is 7.21. The lowest BCUT2D eigenvalue weighted by molar-refractivity contribution is 0.375. The number of amidine groups is 1. The standard InChI is InChI=1S/C16H18FN7S/c1-2-12-11(17)5-21-15(22-12)24-7-10-8-25-14(18)23-16(10,9-24)13-6-19-3-4-20-13/h3-6,10H,2,7-9H2,1H3,(H2,18,23)/t10-,16?/m0/s1. The van der Waals surface area contributed by atoms with Gasteiger partial charge in [0.2, 0.25) is 5.95 Å². The van der Waals surface area contributed by atoms with Crippen LogP contribution in [-0.2, 0) is 12.0 Å². The number of rotatable bonds is 3. The first-order chi connectivity index (χ1) is 12.1. The Hall–Kier alpha value is -2.29. The number of nitrogens with two attached hydrogens (primary N) is 1. The number of hydrogen-bond acceptors (Lipinski definition) is 8. The Labute approximate surface area is 149 Å². The quantitative estimate of drug-likeness (QED) is 0.884. The van der Waals surface area contributed by atoms with Crippen LogP contribution < -0.4 is 10.6 Å². The van der Waals surface area contributed by atoms with Gasteiger partial charge in [0.15, 0.2) is 11.0 Å². The lowest BCUT2D eigenvalue weighted by atomic mass is 9.86. The molecular weight excluding hydrogens is 341 g/mol. The zero-order valence-corrected chi connectivity index (χ0v) is 14.6. The van der Waals surface area contributed by atoms with Crippen molar-refractivity contribution in [3.8, 4) is 0 Å². The van der Waals surface area contributed by atoms with Gasteiger partial charge in [-0.2, -0.15) is 0 Å². The summed E-state index contributed by atoms with van der Waals surface area (Å²) in [6, 6.07) is 0. The fourth-order valence-corrected chi connectivity index (χ4v) is 4.43. The van der Waals surface area contributed by atoms with Crippen LogP contribution in [0, 0.1) is 11.7 Å². The number of hydrogen-bond donors (Lipinski definition) is 1. The summed E-state index contributed by atoms with van der Waals surface area (Å²) in [5.74, 6) is 1.20. The van der Waals surface area contributed by atoms with Crippen molar-refractivity contribution in [3.05, 3.63) is 42.0 Å². The molecule has 2 aliphatic heterocycles. The molecule has 9 heteroatoms. The first-order valence-electron chi connectivity index (χ1n) is 8.13. The fourth-order valence-electron chi connectivity index (χ4n) is 3.45. The summed E-state index contributed by atoms with van der Waals surface area (Å²) >= 11 is 1.55. The number of halogens is 1. The van der Waals surface area contributed by atoms with E-state index in [4.69, 9.17) is 10.7 Å². The van der Waals surface area contributed by atoms with Gasteiger partial charge in [-0.15, -0.1) is 0 Å². The van der Waals surface area contributed by atoms with Crippen LogP contribution >= 0.6 is 11.8 Å². The molecular formula is C16H18FN7S. The highest BCUT2D eigenvalue weighted by Crippen LogP contribution is 2.45. The third-order valence-electron chi connectivity index (χ3n) is 4.72. The molecule has 0 aromatic carbocycles. The van der Waals surface area contributed by atoms with Crippen LogP contribution in [0.3, 0.4) is 0 Å². The molecule has 1 fully saturated rings. The second-order valence-electron chi connectivity index (χ2n) is 6.17. The van der Waals surface area contributed by atoms with Crippen molar-refractivity contribution in [1.29, 1.82) is 0 Å². The van der Waals surface area contributed by atoms with Crippen LogP contribution in [-0.4, -0.2) is 43.9 Å². The third-order valence-corrected chi connectivity index (χ3v) is 5.67. The van der Waals surface area contributed by atoms with Crippen molar-refractivity contribution >= 4 is 22.9 Å². The normalized spacial score (nSPS) is 25.6. The second kappa shape index (κ2) is 6.21. The molecule has 0 aliphatic carbocycles. The van der Waals surface area contributed by atoms with Crippen molar-refractivity contribution in [1.82, 2.24) is 19.9 Å². The van der Waals surface area contributed by atoms with Gasteiger partial charge < -0.3 is 10.6 Å². The molecule has 2 aromatic heterocycles. The molecule has 0 amide bonds. The topological polar surface area (TPSA) is 93.2 Å². The van der Waals surface area contributed by atoms with Crippen molar-refractivity contribution < 1.29 is 4.39 Å². The van der Waals surface area contributed by atoms with E-state index in [0.29, 0.717) is 29.8 Å². The number of aromatic nitrogens is 4. The summed E-state index contributed by atoms with van der Waals surface area (Å²) < 4.78 is 13.7. The van der Waals surface area contributed by atoms with Gasteiger partial charge in [0.05, 0.1) is 30.3 Å². The molecule has 130 valence electrons. The van der Waals surface area contributed by atoms with Crippen molar-refractivity contribution in [2.24, 2.45) is 16.6 Å². The Morgan fingerprint density at radius 1 is 1.36 bits per heavy atom. The van der Waals surface area contributed by atoms with Gasteiger partial charge in [-0.25, -0.2) is 19.4 Å². The van der Waals surface area contributed by atoms with E-state index >= 15 is 0 Å². The first-order valence-corrected chi connectivity index (χ1v) is 9.12. The molecule has 25 heavy (non-hydrogen) atoms. The van der Waals surface area contributed by atoms with E-state index in [1.807, 2.05) is 11.8 Å². The highest BCUT2D eigenvalue weighted by Gasteiger charge is 2.52. The molecule has 2 N–H and O–H groups in total. The van der Waals surface area contributed by atoms with Gasteiger partial charge in [0, 0.05) is 30.6 Å². The number of anilines is 1. The average Bonchev–Trinajstić information content (AvgIpc) is 3.03. The smallest absolute Gasteiger partial charge is 0.225 e. The molecule has 1 unspecified atom stereocenters. The molecule has 0 spiro atoms. The summed E-state index contributed by atoms with van der Waals surface area (Å²) in [6.07, 6.45) is 6.82.